The van der Waals surface area contributed by atoms with Crippen LogP contribution in [0.1, 0.15) is 29.7 Å². The molecule has 1 aliphatic heterocycles. The molecule has 0 radical (unpaired) electrons. The maximum Gasteiger partial charge on any atom is 0.254 e. The van der Waals surface area contributed by atoms with Crippen molar-refractivity contribution in [3.63, 3.8) is 0 Å². The summed E-state index contributed by atoms with van der Waals surface area (Å²) in [6.07, 6.45) is 0. The van der Waals surface area contributed by atoms with Crippen LogP contribution < -0.4 is 15.0 Å². The Morgan fingerprint density at radius 3 is 2.56 bits per heavy atom. The Kier molecular flexibility index (Phi) is 5.63. The van der Waals surface area contributed by atoms with Crippen LogP contribution in [-0.2, 0) is 9.59 Å². The highest BCUT2D eigenvalue weighted by Crippen LogP contribution is 2.40. The van der Waals surface area contributed by atoms with Crippen molar-refractivity contribution in [2.75, 3.05) is 18.1 Å². The minimum Gasteiger partial charge on any atom is -0.490 e. The Balaban J connectivity index is 1.82. The molecule has 0 bridgehead atoms. The Morgan fingerprint density at radius 1 is 1.19 bits per heavy atom. The number of nitrogens with one attached hydrogen (secondary N) is 1. The number of anilines is 1. The Bertz CT molecular complexity index is 914. The lowest BCUT2D eigenvalue weighted by molar-refractivity contribution is -0.126. The third-order valence-corrected chi connectivity index (χ3v) is 5.05. The van der Waals surface area contributed by atoms with E-state index in [0.717, 1.165) is 22.4 Å². The lowest BCUT2D eigenvalue weighted by atomic mass is 9.99. The predicted molar refractivity (Wildman–Crippen MR) is 107 cm³/mol. The zero-order valence-corrected chi connectivity index (χ0v) is 16.8. The molecule has 2 aromatic carbocycles. The zero-order valence-electron chi connectivity index (χ0n) is 15.3. The normalized spacial score (nSPS) is 15.7. The van der Waals surface area contributed by atoms with E-state index in [1.54, 1.807) is 23.1 Å². The highest BCUT2D eigenvalue weighted by Gasteiger charge is 2.39. The van der Waals surface area contributed by atoms with Crippen LogP contribution in [0.4, 0.5) is 5.69 Å². The molecular formula is C20H20Cl2N2O3. The fourth-order valence-electron chi connectivity index (χ4n) is 3.33. The largest absolute Gasteiger partial charge is 0.490 e. The standard InChI is InChI=1S/C20H20Cl2N2O3/c1-11-4-5-12(2)19-17(11)18(23-13(3)25)20(26)24(19)8-9-27-16-7-6-14(21)10-15(16)22/h4-7,10,18H,8-9H2,1-3H3,(H,23,25)/t18-/m1/s1. The molecule has 0 saturated carbocycles. The molecule has 0 aliphatic carbocycles. The van der Waals surface area contributed by atoms with Crippen molar-refractivity contribution in [2.24, 2.45) is 0 Å². The van der Waals surface area contributed by atoms with Gasteiger partial charge >= 0.3 is 0 Å². The second-order valence-corrected chi connectivity index (χ2v) is 7.35. The molecule has 142 valence electrons. The van der Waals surface area contributed by atoms with Gasteiger partial charge in [-0.3, -0.25) is 9.59 Å². The SMILES string of the molecule is CC(=O)N[C@H]1C(=O)N(CCOc2ccc(Cl)cc2Cl)c2c(C)ccc(C)c21. The summed E-state index contributed by atoms with van der Waals surface area (Å²) in [6.45, 7) is 5.89. The van der Waals surface area contributed by atoms with E-state index >= 15 is 0 Å². The molecule has 0 fully saturated rings. The van der Waals surface area contributed by atoms with Gasteiger partial charge < -0.3 is 15.0 Å². The van der Waals surface area contributed by atoms with E-state index in [0.29, 0.717) is 22.3 Å². The third-order valence-electron chi connectivity index (χ3n) is 4.52. The number of carbonyl (C=O) groups excluding carboxylic acids is 2. The molecule has 3 rings (SSSR count). The van der Waals surface area contributed by atoms with Gasteiger partial charge in [-0.25, -0.2) is 0 Å². The molecule has 5 nitrogen and oxygen atoms in total. The van der Waals surface area contributed by atoms with Gasteiger partial charge in [0.25, 0.3) is 5.91 Å². The number of nitrogens with zero attached hydrogens (tertiary/aromatic N) is 1. The second-order valence-electron chi connectivity index (χ2n) is 6.51. The molecule has 1 aliphatic rings. The van der Waals surface area contributed by atoms with Crippen LogP contribution >= 0.6 is 23.2 Å². The monoisotopic (exact) mass is 406 g/mol. The van der Waals surface area contributed by atoms with Crippen molar-refractivity contribution in [3.8, 4) is 5.75 Å². The predicted octanol–water partition coefficient (Wildman–Crippen LogP) is 4.21. The number of rotatable bonds is 5. The molecule has 27 heavy (non-hydrogen) atoms. The van der Waals surface area contributed by atoms with E-state index < -0.39 is 6.04 Å². The first-order chi connectivity index (χ1) is 12.8. The zero-order chi connectivity index (χ0) is 19.7. The quantitative estimate of drug-likeness (QED) is 0.808. The number of benzene rings is 2. The van der Waals surface area contributed by atoms with E-state index in [1.165, 1.54) is 6.92 Å². The van der Waals surface area contributed by atoms with Crippen molar-refractivity contribution in [1.82, 2.24) is 5.32 Å². The number of aryl methyl sites for hydroxylation is 2. The van der Waals surface area contributed by atoms with Gasteiger partial charge in [0, 0.05) is 17.5 Å². The summed E-state index contributed by atoms with van der Waals surface area (Å²) in [4.78, 5) is 26.2. The first-order valence-corrected chi connectivity index (χ1v) is 9.31. The van der Waals surface area contributed by atoms with Crippen LogP contribution in [0.2, 0.25) is 10.0 Å². The van der Waals surface area contributed by atoms with Crippen LogP contribution in [0.3, 0.4) is 0 Å². The molecular weight excluding hydrogens is 387 g/mol. The van der Waals surface area contributed by atoms with Gasteiger partial charge in [0.15, 0.2) is 0 Å². The van der Waals surface area contributed by atoms with Crippen LogP contribution in [0.25, 0.3) is 0 Å². The summed E-state index contributed by atoms with van der Waals surface area (Å²) in [6, 6.07) is 8.26. The first-order valence-electron chi connectivity index (χ1n) is 8.56. The van der Waals surface area contributed by atoms with Gasteiger partial charge in [-0.05, 0) is 43.2 Å². The van der Waals surface area contributed by atoms with Crippen molar-refractivity contribution in [3.05, 3.63) is 57.1 Å². The van der Waals surface area contributed by atoms with E-state index in [4.69, 9.17) is 27.9 Å². The minimum atomic E-state index is -0.670. The maximum atomic E-state index is 13.0. The molecule has 0 spiro atoms. The van der Waals surface area contributed by atoms with Crippen LogP contribution in [0.15, 0.2) is 30.3 Å². The van der Waals surface area contributed by atoms with E-state index in [2.05, 4.69) is 5.32 Å². The topological polar surface area (TPSA) is 58.6 Å². The summed E-state index contributed by atoms with van der Waals surface area (Å²) in [5.74, 6) is 0.0990. The number of halogens is 2. The van der Waals surface area contributed by atoms with Crippen molar-refractivity contribution in [2.45, 2.75) is 26.8 Å². The highest BCUT2D eigenvalue weighted by atomic mass is 35.5. The summed E-state index contributed by atoms with van der Waals surface area (Å²) in [5.41, 5.74) is 3.62. The number of amides is 2. The Labute approximate surface area is 168 Å². The second kappa shape index (κ2) is 7.79. The number of fused-ring (bicyclic) bond motifs is 1. The minimum absolute atomic E-state index is 0.164. The van der Waals surface area contributed by atoms with Gasteiger partial charge in [-0.15, -0.1) is 0 Å². The van der Waals surface area contributed by atoms with Crippen LogP contribution in [0, 0.1) is 13.8 Å². The highest BCUT2D eigenvalue weighted by molar-refractivity contribution is 6.35. The number of carbonyl (C=O) groups is 2. The smallest absolute Gasteiger partial charge is 0.254 e. The van der Waals surface area contributed by atoms with Gasteiger partial charge in [0.1, 0.15) is 18.4 Å². The molecule has 7 heteroatoms. The molecule has 1 heterocycles. The fourth-order valence-corrected chi connectivity index (χ4v) is 3.79. The van der Waals surface area contributed by atoms with Gasteiger partial charge in [-0.2, -0.15) is 0 Å². The van der Waals surface area contributed by atoms with Crippen LogP contribution in [-0.4, -0.2) is 25.0 Å². The Hall–Kier alpha value is -2.24. The van der Waals surface area contributed by atoms with Crippen molar-refractivity contribution >= 4 is 40.7 Å². The number of hydrogen-bond donors (Lipinski definition) is 1. The molecule has 2 aromatic rings. The molecule has 0 aromatic heterocycles. The molecule has 2 amide bonds. The average molecular weight is 407 g/mol. The summed E-state index contributed by atoms with van der Waals surface area (Å²) < 4.78 is 5.73. The lowest BCUT2D eigenvalue weighted by Crippen LogP contribution is -2.38. The maximum absolute atomic E-state index is 13.0. The lowest BCUT2D eigenvalue weighted by Gasteiger charge is -2.20. The number of hydrogen-bond acceptors (Lipinski definition) is 3. The first kappa shape index (κ1) is 19.5. The summed E-state index contributed by atoms with van der Waals surface area (Å²) in [7, 11) is 0. The summed E-state index contributed by atoms with van der Waals surface area (Å²) >= 11 is 12.0. The molecule has 0 saturated heterocycles. The third kappa shape index (κ3) is 3.89. The average Bonchev–Trinajstić information content (AvgIpc) is 2.86. The molecule has 0 unspecified atom stereocenters. The fraction of sp³-hybridized carbons (Fsp3) is 0.300. The van der Waals surface area contributed by atoms with Crippen molar-refractivity contribution in [1.29, 1.82) is 0 Å². The van der Waals surface area contributed by atoms with Gasteiger partial charge in [0.2, 0.25) is 5.91 Å². The molecule has 1 atom stereocenters. The van der Waals surface area contributed by atoms with E-state index in [1.807, 2.05) is 26.0 Å². The number of ether oxygens (including phenoxy) is 1. The Morgan fingerprint density at radius 2 is 1.89 bits per heavy atom. The van der Waals surface area contributed by atoms with Crippen molar-refractivity contribution < 1.29 is 14.3 Å². The molecule has 1 N–H and O–H groups in total. The van der Waals surface area contributed by atoms with Gasteiger partial charge in [-0.1, -0.05) is 35.3 Å². The summed E-state index contributed by atoms with van der Waals surface area (Å²) in [5, 5.41) is 3.71. The van der Waals surface area contributed by atoms with Gasteiger partial charge in [0.05, 0.1) is 17.3 Å². The van der Waals surface area contributed by atoms with E-state index in [-0.39, 0.29) is 18.4 Å². The van der Waals surface area contributed by atoms with Crippen LogP contribution in [0.5, 0.6) is 5.75 Å². The van der Waals surface area contributed by atoms with E-state index in [9.17, 15) is 9.59 Å².